The SMILES string of the molecule is Cc1cnc(C(=O)O)c(N(C(=O)OC(C)(C)C)C(=O)OC(C)(C)C)c1. The molecule has 25 heavy (non-hydrogen) atoms. The van der Waals surface area contributed by atoms with E-state index in [2.05, 4.69) is 4.98 Å². The number of aromatic nitrogens is 1. The van der Waals surface area contributed by atoms with Crippen LogP contribution in [0.2, 0.25) is 0 Å². The van der Waals surface area contributed by atoms with E-state index in [-0.39, 0.29) is 5.69 Å². The summed E-state index contributed by atoms with van der Waals surface area (Å²) in [6.07, 6.45) is -0.761. The Morgan fingerprint density at radius 3 is 1.80 bits per heavy atom. The normalized spacial score (nSPS) is 11.6. The summed E-state index contributed by atoms with van der Waals surface area (Å²) in [5.74, 6) is -1.38. The van der Waals surface area contributed by atoms with Gasteiger partial charge in [0.05, 0.1) is 5.69 Å². The molecular formula is C17H24N2O6. The lowest BCUT2D eigenvalue weighted by molar-refractivity contribution is 0.0430. The van der Waals surface area contributed by atoms with E-state index in [9.17, 15) is 19.5 Å². The van der Waals surface area contributed by atoms with E-state index in [1.54, 1.807) is 48.5 Å². The van der Waals surface area contributed by atoms with Crippen molar-refractivity contribution in [3.05, 3.63) is 23.5 Å². The Morgan fingerprint density at radius 2 is 1.44 bits per heavy atom. The van der Waals surface area contributed by atoms with Crippen LogP contribution in [0.4, 0.5) is 15.3 Å². The van der Waals surface area contributed by atoms with Gasteiger partial charge in [0.25, 0.3) is 0 Å². The smallest absolute Gasteiger partial charge is 0.424 e. The summed E-state index contributed by atoms with van der Waals surface area (Å²) in [7, 11) is 0. The first-order valence-corrected chi connectivity index (χ1v) is 7.67. The van der Waals surface area contributed by atoms with E-state index in [1.807, 2.05) is 0 Å². The van der Waals surface area contributed by atoms with Crippen LogP contribution in [-0.4, -0.2) is 39.4 Å². The molecule has 0 bridgehead atoms. The molecule has 0 aliphatic rings. The number of pyridine rings is 1. The summed E-state index contributed by atoms with van der Waals surface area (Å²) in [4.78, 5) is 40.9. The number of hydrogen-bond donors (Lipinski definition) is 1. The van der Waals surface area contributed by atoms with Crippen molar-refractivity contribution in [3.8, 4) is 0 Å². The van der Waals surface area contributed by atoms with Crippen molar-refractivity contribution in [3.63, 3.8) is 0 Å². The van der Waals surface area contributed by atoms with Gasteiger partial charge in [-0.1, -0.05) is 0 Å². The first-order chi connectivity index (χ1) is 11.2. The molecule has 0 atom stereocenters. The summed E-state index contributed by atoms with van der Waals surface area (Å²) in [6, 6.07) is 1.37. The fraction of sp³-hybridized carbons (Fsp3) is 0.529. The molecule has 1 aromatic heterocycles. The van der Waals surface area contributed by atoms with E-state index in [0.29, 0.717) is 10.5 Å². The maximum atomic E-state index is 12.6. The van der Waals surface area contributed by atoms with Crippen LogP contribution in [-0.2, 0) is 9.47 Å². The molecule has 0 unspecified atom stereocenters. The lowest BCUT2D eigenvalue weighted by Gasteiger charge is -2.29. The van der Waals surface area contributed by atoms with Gasteiger partial charge in [-0.05, 0) is 60.1 Å². The minimum Gasteiger partial charge on any atom is -0.476 e. The number of anilines is 1. The minimum atomic E-state index is -1.38. The summed E-state index contributed by atoms with van der Waals surface area (Å²) < 4.78 is 10.5. The molecule has 2 amide bonds. The van der Waals surface area contributed by atoms with Gasteiger partial charge in [-0.3, -0.25) is 0 Å². The molecule has 0 saturated heterocycles. The molecule has 0 aromatic carbocycles. The lowest BCUT2D eigenvalue weighted by Crippen LogP contribution is -2.44. The highest BCUT2D eigenvalue weighted by atomic mass is 16.6. The van der Waals surface area contributed by atoms with Crippen molar-refractivity contribution in [2.75, 3.05) is 4.90 Å². The van der Waals surface area contributed by atoms with E-state index in [0.717, 1.165) is 0 Å². The van der Waals surface area contributed by atoms with Gasteiger partial charge in [-0.15, -0.1) is 0 Å². The molecule has 8 nitrogen and oxygen atoms in total. The van der Waals surface area contributed by atoms with Crippen molar-refractivity contribution in [2.24, 2.45) is 0 Å². The van der Waals surface area contributed by atoms with Gasteiger partial charge in [0, 0.05) is 6.20 Å². The maximum absolute atomic E-state index is 12.6. The number of ether oxygens (including phenoxy) is 2. The number of imide groups is 1. The minimum absolute atomic E-state index is 0.212. The zero-order valence-electron chi connectivity index (χ0n) is 15.5. The molecule has 0 radical (unpaired) electrons. The van der Waals surface area contributed by atoms with Crippen molar-refractivity contribution < 1.29 is 29.0 Å². The molecule has 0 spiro atoms. The molecule has 0 aliphatic carbocycles. The first kappa shape index (κ1) is 20.4. The highest BCUT2D eigenvalue weighted by Gasteiger charge is 2.35. The van der Waals surface area contributed by atoms with Crippen LogP contribution >= 0.6 is 0 Å². The number of aryl methyl sites for hydroxylation is 1. The van der Waals surface area contributed by atoms with Gasteiger partial charge in [0.2, 0.25) is 0 Å². The van der Waals surface area contributed by atoms with Gasteiger partial charge in [-0.25, -0.2) is 19.4 Å². The predicted octanol–water partition coefficient (Wildman–Crippen LogP) is 3.76. The van der Waals surface area contributed by atoms with E-state index in [4.69, 9.17) is 9.47 Å². The number of nitrogens with zero attached hydrogens (tertiary/aromatic N) is 2. The highest BCUT2D eigenvalue weighted by Crippen LogP contribution is 2.25. The summed E-state index contributed by atoms with van der Waals surface area (Å²) in [5.41, 5.74) is -1.88. The second-order valence-corrected chi connectivity index (χ2v) is 7.48. The van der Waals surface area contributed by atoms with Crippen LogP contribution < -0.4 is 4.90 Å². The zero-order valence-corrected chi connectivity index (χ0v) is 15.5. The summed E-state index contributed by atoms with van der Waals surface area (Å²) >= 11 is 0. The largest absolute Gasteiger partial charge is 0.476 e. The molecule has 1 heterocycles. The Morgan fingerprint density at radius 1 is 1.00 bits per heavy atom. The zero-order chi connectivity index (χ0) is 19.6. The summed E-state index contributed by atoms with van der Waals surface area (Å²) in [6.45, 7) is 11.4. The topological polar surface area (TPSA) is 106 Å². The van der Waals surface area contributed by atoms with Gasteiger partial charge in [0.15, 0.2) is 5.69 Å². The quantitative estimate of drug-likeness (QED) is 0.863. The second-order valence-electron chi connectivity index (χ2n) is 7.48. The number of carboxylic acids is 1. The molecule has 1 rings (SSSR count). The number of hydrogen-bond acceptors (Lipinski definition) is 6. The molecule has 138 valence electrons. The third-order valence-electron chi connectivity index (χ3n) is 2.60. The fourth-order valence-corrected chi connectivity index (χ4v) is 1.78. The van der Waals surface area contributed by atoms with Crippen LogP contribution in [0.25, 0.3) is 0 Å². The van der Waals surface area contributed by atoms with Crippen LogP contribution in [0.5, 0.6) is 0 Å². The Bertz CT molecular complexity index is 657. The van der Waals surface area contributed by atoms with Crippen LogP contribution in [0.15, 0.2) is 12.3 Å². The van der Waals surface area contributed by atoms with E-state index < -0.39 is 35.1 Å². The van der Waals surface area contributed by atoms with E-state index >= 15 is 0 Å². The van der Waals surface area contributed by atoms with Gasteiger partial charge < -0.3 is 14.6 Å². The molecule has 8 heteroatoms. The molecule has 0 saturated carbocycles. The van der Waals surface area contributed by atoms with Crippen molar-refractivity contribution in [2.45, 2.75) is 59.7 Å². The Balaban J connectivity index is 3.46. The highest BCUT2D eigenvalue weighted by molar-refractivity contribution is 6.12. The number of amides is 2. The maximum Gasteiger partial charge on any atom is 0.424 e. The standard InChI is InChI=1S/C17H24N2O6/c1-10-8-11(12(13(20)21)18-9-10)19(14(22)24-16(2,3)4)15(23)25-17(5,6)7/h8-9H,1-7H3,(H,20,21). The number of carbonyl (C=O) groups excluding carboxylic acids is 2. The van der Waals surface area contributed by atoms with E-state index in [1.165, 1.54) is 12.3 Å². The number of carboxylic acid groups (broad SMARTS) is 1. The van der Waals surface area contributed by atoms with Crippen molar-refractivity contribution >= 4 is 23.8 Å². The lowest BCUT2D eigenvalue weighted by atomic mass is 10.2. The molecule has 1 aromatic rings. The molecule has 1 N–H and O–H groups in total. The average molecular weight is 352 g/mol. The number of aromatic carboxylic acids is 1. The fourth-order valence-electron chi connectivity index (χ4n) is 1.78. The van der Waals surface area contributed by atoms with Crippen LogP contribution in [0, 0.1) is 6.92 Å². The summed E-state index contributed by atoms with van der Waals surface area (Å²) in [5, 5.41) is 9.34. The molecule has 0 aliphatic heterocycles. The monoisotopic (exact) mass is 352 g/mol. The molecule has 0 fully saturated rings. The average Bonchev–Trinajstić information content (AvgIpc) is 2.33. The Labute approximate surface area is 146 Å². The van der Waals surface area contributed by atoms with Crippen LogP contribution in [0.1, 0.15) is 57.6 Å². The Kier molecular flexibility index (Phi) is 5.78. The third-order valence-corrected chi connectivity index (χ3v) is 2.60. The predicted molar refractivity (Wildman–Crippen MR) is 90.9 cm³/mol. The van der Waals surface area contributed by atoms with Gasteiger partial charge >= 0.3 is 18.2 Å². The van der Waals surface area contributed by atoms with Crippen molar-refractivity contribution in [1.82, 2.24) is 4.98 Å². The second kappa shape index (κ2) is 7.08. The number of rotatable bonds is 2. The Hall–Kier alpha value is -2.64. The van der Waals surface area contributed by atoms with Gasteiger partial charge in [-0.2, -0.15) is 4.90 Å². The first-order valence-electron chi connectivity index (χ1n) is 7.67. The third kappa shape index (κ3) is 6.06. The number of carbonyl (C=O) groups is 3. The van der Waals surface area contributed by atoms with Crippen LogP contribution in [0.3, 0.4) is 0 Å². The molecular weight excluding hydrogens is 328 g/mol. The van der Waals surface area contributed by atoms with Gasteiger partial charge in [0.1, 0.15) is 11.2 Å². The van der Waals surface area contributed by atoms with Crippen molar-refractivity contribution in [1.29, 1.82) is 0 Å².